The van der Waals surface area contributed by atoms with Gasteiger partial charge in [0.25, 0.3) is 5.69 Å². The molecule has 0 amide bonds. The number of hydrogen-bond acceptors (Lipinski definition) is 6. The van der Waals surface area contributed by atoms with Crippen molar-refractivity contribution < 1.29 is 14.8 Å². The number of thioether (sulfide) groups is 1. The SMILES string of the molecule is CC1=C(C)N2CCCC(C(=O)c3cc([N+](=O)[O-])c(C)cc3O)C2S1. The summed E-state index contributed by atoms with van der Waals surface area (Å²) in [5, 5.41) is 21.3. The molecule has 0 spiro atoms. The summed E-state index contributed by atoms with van der Waals surface area (Å²) in [7, 11) is 0. The second-order valence-corrected chi connectivity index (χ2v) is 7.70. The Morgan fingerprint density at radius 3 is 2.75 bits per heavy atom. The Hall–Kier alpha value is -2.02. The third-order valence-electron chi connectivity index (χ3n) is 4.92. The van der Waals surface area contributed by atoms with Crippen molar-refractivity contribution in [1.82, 2.24) is 4.90 Å². The van der Waals surface area contributed by atoms with Crippen LogP contribution in [0.15, 0.2) is 22.7 Å². The molecule has 1 saturated heterocycles. The van der Waals surface area contributed by atoms with Crippen LogP contribution in [0.1, 0.15) is 42.6 Å². The highest BCUT2D eigenvalue weighted by molar-refractivity contribution is 8.03. The van der Waals surface area contributed by atoms with Crippen LogP contribution in [-0.2, 0) is 0 Å². The maximum absolute atomic E-state index is 13.0. The van der Waals surface area contributed by atoms with E-state index in [0.29, 0.717) is 5.56 Å². The fourth-order valence-corrected chi connectivity index (χ4v) is 4.94. The van der Waals surface area contributed by atoms with Gasteiger partial charge in [-0.05, 0) is 39.7 Å². The summed E-state index contributed by atoms with van der Waals surface area (Å²) in [4.78, 5) is 27.1. The average molecular weight is 348 g/mol. The van der Waals surface area contributed by atoms with Crippen LogP contribution >= 0.6 is 11.8 Å². The van der Waals surface area contributed by atoms with Crippen molar-refractivity contribution >= 4 is 23.2 Å². The van der Waals surface area contributed by atoms with Gasteiger partial charge in [0.2, 0.25) is 0 Å². The van der Waals surface area contributed by atoms with E-state index in [-0.39, 0.29) is 34.1 Å². The molecule has 0 saturated carbocycles. The summed E-state index contributed by atoms with van der Waals surface area (Å²) >= 11 is 1.68. The fourth-order valence-electron chi connectivity index (χ4n) is 3.48. The zero-order chi connectivity index (χ0) is 17.6. The van der Waals surface area contributed by atoms with Gasteiger partial charge in [0.1, 0.15) is 5.75 Å². The summed E-state index contributed by atoms with van der Waals surface area (Å²) in [6, 6.07) is 2.53. The van der Waals surface area contributed by atoms with E-state index in [0.717, 1.165) is 19.4 Å². The standard InChI is InChI=1S/C17H20N2O4S/c1-9-7-15(20)13(8-14(9)19(22)23)16(21)12-5-4-6-18-10(2)11(3)24-17(12)18/h7-8,12,17,20H,4-6H2,1-3H3. The van der Waals surface area contributed by atoms with Crippen molar-refractivity contribution in [2.45, 2.75) is 39.0 Å². The van der Waals surface area contributed by atoms with Gasteiger partial charge in [-0.2, -0.15) is 0 Å². The second-order valence-electron chi connectivity index (χ2n) is 6.37. The van der Waals surface area contributed by atoms with Gasteiger partial charge >= 0.3 is 0 Å². The first-order valence-electron chi connectivity index (χ1n) is 7.94. The van der Waals surface area contributed by atoms with E-state index in [4.69, 9.17) is 0 Å². The van der Waals surface area contributed by atoms with E-state index < -0.39 is 4.92 Å². The normalized spacial score (nSPS) is 23.4. The van der Waals surface area contributed by atoms with Crippen LogP contribution < -0.4 is 0 Å². The molecule has 128 valence electrons. The van der Waals surface area contributed by atoms with Crippen LogP contribution in [0.25, 0.3) is 0 Å². The Labute approximate surface area is 144 Å². The quantitative estimate of drug-likeness (QED) is 0.508. The number of fused-ring (bicyclic) bond motifs is 1. The molecule has 1 fully saturated rings. The number of aryl methyl sites for hydroxylation is 1. The van der Waals surface area contributed by atoms with Gasteiger partial charge in [-0.3, -0.25) is 14.9 Å². The predicted octanol–water partition coefficient (Wildman–Crippen LogP) is 3.83. The number of carbonyl (C=O) groups excluding carboxylic acids is 1. The molecule has 0 aromatic heterocycles. The molecule has 6 nitrogen and oxygen atoms in total. The highest BCUT2D eigenvalue weighted by Crippen LogP contribution is 2.46. The predicted molar refractivity (Wildman–Crippen MR) is 93.0 cm³/mol. The van der Waals surface area contributed by atoms with Crippen molar-refractivity contribution in [2.75, 3.05) is 6.54 Å². The summed E-state index contributed by atoms with van der Waals surface area (Å²) in [5.41, 5.74) is 1.47. The topological polar surface area (TPSA) is 83.7 Å². The molecular formula is C17H20N2O4S. The van der Waals surface area contributed by atoms with E-state index in [2.05, 4.69) is 11.8 Å². The van der Waals surface area contributed by atoms with Gasteiger partial charge < -0.3 is 10.0 Å². The summed E-state index contributed by atoms with van der Waals surface area (Å²) in [5.74, 6) is -0.658. The van der Waals surface area contributed by atoms with Gasteiger partial charge in [0.15, 0.2) is 5.78 Å². The van der Waals surface area contributed by atoms with Crippen LogP contribution in [0.3, 0.4) is 0 Å². The number of phenols is 1. The van der Waals surface area contributed by atoms with E-state index in [1.807, 2.05) is 6.92 Å². The van der Waals surface area contributed by atoms with Gasteiger partial charge in [-0.1, -0.05) is 0 Å². The number of ketones is 1. The second kappa shape index (κ2) is 6.12. The number of aromatic hydroxyl groups is 1. The van der Waals surface area contributed by atoms with Crippen molar-refractivity contribution in [3.63, 3.8) is 0 Å². The first-order chi connectivity index (χ1) is 11.3. The molecule has 1 N–H and O–H groups in total. The summed E-state index contributed by atoms with van der Waals surface area (Å²) in [6.45, 7) is 6.58. The third kappa shape index (κ3) is 2.66. The van der Waals surface area contributed by atoms with Crippen molar-refractivity contribution in [1.29, 1.82) is 0 Å². The molecule has 3 rings (SSSR count). The lowest BCUT2D eigenvalue weighted by atomic mass is 9.88. The zero-order valence-corrected chi connectivity index (χ0v) is 14.7. The molecule has 0 radical (unpaired) electrons. The van der Waals surface area contributed by atoms with Crippen molar-refractivity contribution in [3.05, 3.63) is 44.0 Å². The molecule has 2 atom stereocenters. The van der Waals surface area contributed by atoms with Gasteiger partial charge in [0.05, 0.1) is 21.8 Å². The lowest BCUT2D eigenvalue weighted by Gasteiger charge is -2.37. The van der Waals surface area contributed by atoms with E-state index in [9.17, 15) is 20.0 Å². The molecule has 24 heavy (non-hydrogen) atoms. The van der Waals surface area contributed by atoms with Crippen LogP contribution in [0.2, 0.25) is 0 Å². The molecule has 1 aromatic rings. The number of rotatable bonds is 3. The van der Waals surface area contributed by atoms with Crippen LogP contribution in [0.5, 0.6) is 5.75 Å². The van der Waals surface area contributed by atoms with Crippen molar-refractivity contribution in [2.24, 2.45) is 5.92 Å². The van der Waals surface area contributed by atoms with Crippen LogP contribution in [-0.4, -0.2) is 32.6 Å². The molecule has 0 bridgehead atoms. The molecule has 7 heteroatoms. The number of nitro groups is 1. The van der Waals surface area contributed by atoms with Crippen LogP contribution in [0.4, 0.5) is 5.69 Å². The Bertz CT molecular complexity index is 759. The first kappa shape index (κ1) is 16.8. The number of hydrogen-bond donors (Lipinski definition) is 1. The van der Waals surface area contributed by atoms with E-state index in [1.54, 1.807) is 18.7 Å². The number of phenolic OH excluding ortho intramolecular Hbond substituents is 1. The Morgan fingerprint density at radius 1 is 1.38 bits per heavy atom. The number of carbonyl (C=O) groups is 1. The largest absolute Gasteiger partial charge is 0.507 e. The first-order valence-corrected chi connectivity index (χ1v) is 8.82. The van der Waals surface area contributed by atoms with E-state index >= 15 is 0 Å². The molecule has 2 aliphatic rings. The van der Waals surface area contributed by atoms with Crippen molar-refractivity contribution in [3.8, 4) is 5.75 Å². The Kier molecular flexibility index (Phi) is 4.29. The van der Waals surface area contributed by atoms with E-state index in [1.165, 1.54) is 22.7 Å². The zero-order valence-electron chi connectivity index (χ0n) is 13.9. The van der Waals surface area contributed by atoms with Crippen LogP contribution in [0, 0.1) is 23.0 Å². The smallest absolute Gasteiger partial charge is 0.273 e. The highest BCUT2D eigenvalue weighted by atomic mass is 32.2. The molecule has 2 heterocycles. The number of allylic oxidation sites excluding steroid dienone is 2. The van der Waals surface area contributed by atoms with Gasteiger partial charge in [-0.25, -0.2) is 0 Å². The maximum Gasteiger partial charge on any atom is 0.273 e. The minimum absolute atomic E-state index is 0.0195. The summed E-state index contributed by atoms with van der Waals surface area (Å²) in [6.07, 6.45) is 1.63. The average Bonchev–Trinajstić information content (AvgIpc) is 2.81. The number of nitro benzene ring substituents is 1. The molecule has 2 aliphatic heterocycles. The third-order valence-corrected chi connectivity index (χ3v) is 6.39. The number of Topliss-reactive ketones (excluding diaryl/α,β-unsaturated/α-hetero) is 1. The Balaban J connectivity index is 1.95. The number of nitrogens with zero attached hydrogens (tertiary/aromatic N) is 2. The molecule has 1 aromatic carbocycles. The lowest BCUT2D eigenvalue weighted by Crippen LogP contribution is -2.42. The molecule has 2 unspecified atom stereocenters. The molecule has 0 aliphatic carbocycles. The fraction of sp³-hybridized carbons (Fsp3) is 0.471. The summed E-state index contributed by atoms with van der Waals surface area (Å²) < 4.78 is 0. The minimum atomic E-state index is -0.515. The lowest BCUT2D eigenvalue weighted by molar-refractivity contribution is -0.385. The number of benzene rings is 1. The van der Waals surface area contributed by atoms with Gasteiger partial charge in [-0.15, -0.1) is 11.8 Å². The number of piperidine rings is 1. The molecular weight excluding hydrogens is 328 g/mol. The maximum atomic E-state index is 13.0. The highest BCUT2D eigenvalue weighted by Gasteiger charge is 2.41. The van der Waals surface area contributed by atoms with Gasteiger partial charge in [0, 0.05) is 28.8 Å². The monoisotopic (exact) mass is 348 g/mol. The Morgan fingerprint density at radius 2 is 2.08 bits per heavy atom. The minimum Gasteiger partial charge on any atom is -0.507 e.